The minimum absolute atomic E-state index is 0.00276. The Hall–Kier alpha value is -1.93. The zero-order chi connectivity index (χ0) is 21.4. The maximum absolute atomic E-state index is 12.3. The van der Waals surface area contributed by atoms with Crippen LogP contribution in [0.15, 0.2) is 53.4 Å². The van der Waals surface area contributed by atoms with Crippen molar-refractivity contribution in [3.8, 4) is 0 Å². The third kappa shape index (κ3) is 6.82. The number of nitrogens with zero attached hydrogens (tertiary/aromatic N) is 1. The van der Waals surface area contributed by atoms with Gasteiger partial charge >= 0.3 is 0 Å². The average Bonchev–Trinajstić information content (AvgIpc) is 2.68. The number of likely N-dealkylation sites (N-methyl/N-ethyl adjacent to an activating group) is 1. The van der Waals surface area contributed by atoms with Crippen LogP contribution in [0.25, 0.3) is 0 Å². The molecule has 0 aliphatic rings. The molecular formula is C21H28ClN3O3S. The lowest BCUT2D eigenvalue weighted by molar-refractivity contribution is -0.121. The number of aryl methyl sites for hydroxylation is 1. The van der Waals surface area contributed by atoms with Crippen LogP contribution in [0.4, 0.5) is 0 Å². The fourth-order valence-corrected chi connectivity index (χ4v) is 4.46. The van der Waals surface area contributed by atoms with Gasteiger partial charge in [-0.25, -0.2) is 13.1 Å². The summed E-state index contributed by atoms with van der Waals surface area (Å²) in [6.07, 6.45) is 1.02. The van der Waals surface area contributed by atoms with E-state index in [0.29, 0.717) is 6.54 Å². The molecule has 0 bridgehead atoms. The van der Waals surface area contributed by atoms with Crippen molar-refractivity contribution in [2.24, 2.45) is 0 Å². The molecule has 0 aliphatic heterocycles. The molecule has 0 spiro atoms. The van der Waals surface area contributed by atoms with Crippen LogP contribution in [0, 0.1) is 0 Å². The number of halogens is 1. The van der Waals surface area contributed by atoms with Crippen LogP contribution in [-0.4, -0.2) is 46.4 Å². The molecule has 0 aromatic heterocycles. The van der Waals surface area contributed by atoms with E-state index in [9.17, 15) is 13.2 Å². The molecule has 0 fully saturated rings. The van der Waals surface area contributed by atoms with Gasteiger partial charge in [0.15, 0.2) is 0 Å². The Balaban J connectivity index is 1.87. The number of benzene rings is 2. The van der Waals surface area contributed by atoms with E-state index < -0.39 is 10.0 Å². The highest BCUT2D eigenvalue weighted by atomic mass is 35.5. The van der Waals surface area contributed by atoms with Gasteiger partial charge in [0.2, 0.25) is 15.9 Å². The van der Waals surface area contributed by atoms with Gasteiger partial charge in [0.1, 0.15) is 4.90 Å². The van der Waals surface area contributed by atoms with Crippen LogP contribution in [0.2, 0.25) is 5.02 Å². The zero-order valence-corrected chi connectivity index (χ0v) is 18.6. The first-order valence-electron chi connectivity index (χ1n) is 9.50. The van der Waals surface area contributed by atoms with Gasteiger partial charge in [0.25, 0.3) is 0 Å². The van der Waals surface area contributed by atoms with E-state index in [0.717, 1.165) is 12.0 Å². The maximum atomic E-state index is 12.3. The predicted molar refractivity (Wildman–Crippen MR) is 117 cm³/mol. The molecular weight excluding hydrogens is 410 g/mol. The van der Waals surface area contributed by atoms with Crippen LogP contribution in [0.5, 0.6) is 0 Å². The first-order chi connectivity index (χ1) is 13.7. The van der Waals surface area contributed by atoms with Crippen molar-refractivity contribution in [1.82, 2.24) is 14.9 Å². The molecule has 0 heterocycles. The number of amides is 1. The van der Waals surface area contributed by atoms with E-state index >= 15 is 0 Å². The van der Waals surface area contributed by atoms with E-state index in [1.54, 1.807) is 12.1 Å². The molecule has 2 aromatic carbocycles. The van der Waals surface area contributed by atoms with E-state index in [1.165, 1.54) is 17.7 Å². The molecule has 29 heavy (non-hydrogen) atoms. The summed E-state index contributed by atoms with van der Waals surface area (Å²) in [5, 5.41) is 3.03. The Morgan fingerprint density at radius 3 is 2.34 bits per heavy atom. The van der Waals surface area contributed by atoms with E-state index in [2.05, 4.69) is 41.2 Å². The maximum Gasteiger partial charge on any atom is 0.242 e. The van der Waals surface area contributed by atoms with Gasteiger partial charge in [0.05, 0.1) is 11.1 Å². The predicted octanol–water partition coefficient (Wildman–Crippen LogP) is 2.99. The second-order valence-corrected chi connectivity index (χ2v) is 9.10. The normalized spacial score (nSPS) is 12.7. The second kappa shape index (κ2) is 10.7. The van der Waals surface area contributed by atoms with Crippen molar-refractivity contribution in [3.63, 3.8) is 0 Å². The van der Waals surface area contributed by atoms with Crippen molar-refractivity contribution in [3.05, 3.63) is 64.7 Å². The van der Waals surface area contributed by atoms with Crippen LogP contribution in [0.1, 0.15) is 30.5 Å². The monoisotopic (exact) mass is 437 g/mol. The Morgan fingerprint density at radius 1 is 1.10 bits per heavy atom. The Labute approximate surface area is 178 Å². The Bertz CT molecular complexity index is 915. The highest BCUT2D eigenvalue weighted by Gasteiger charge is 2.18. The zero-order valence-electron chi connectivity index (χ0n) is 17.0. The van der Waals surface area contributed by atoms with E-state index in [-0.39, 0.29) is 34.8 Å². The first kappa shape index (κ1) is 23.3. The largest absolute Gasteiger partial charge is 0.354 e. The molecule has 0 saturated carbocycles. The number of sulfonamides is 1. The quantitative estimate of drug-likeness (QED) is 0.599. The molecule has 6 nitrogen and oxygen atoms in total. The van der Waals surface area contributed by atoms with Crippen LogP contribution < -0.4 is 10.0 Å². The lowest BCUT2D eigenvalue weighted by atomic mass is 10.0. The number of carbonyl (C=O) groups excluding carboxylic acids is 1. The SMILES string of the molecule is CCc1ccc(C(CNC(=O)CCNS(=O)(=O)c2ccccc2Cl)N(C)C)cc1. The van der Waals surface area contributed by atoms with Crippen molar-refractivity contribution in [1.29, 1.82) is 0 Å². The number of rotatable bonds is 10. The molecule has 8 heteroatoms. The number of hydrogen-bond donors (Lipinski definition) is 2. The van der Waals surface area contributed by atoms with Crippen molar-refractivity contribution in [2.45, 2.75) is 30.7 Å². The lowest BCUT2D eigenvalue weighted by Crippen LogP contribution is -2.36. The summed E-state index contributed by atoms with van der Waals surface area (Å²) < 4.78 is 27.0. The number of hydrogen-bond acceptors (Lipinski definition) is 4. The van der Waals surface area contributed by atoms with E-state index in [4.69, 9.17) is 11.6 Å². The van der Waals surface area contributed by atoms with Crippen molar-refractivity contribution in [2.75, 3.05) is 27.2 Å². The van der Waals surface area contributed by atoms with Crippen LogP contribution in [-0.2, 0) is 21.2 Å². The first-order valence-corrected chi connectivity index (χ1v) is 11.4. The minimum atomic E-state index is -3.75. The standard InChI is InChI=1S/C21H28ClN3O3S/c1-4-16-9-11-17(12-10-16)19(25(2)3)15-23-21(26)13-14-24-29(27,28)20-8-6-5-7-18(20)22/h5-12,19,24H,4,13-15H2,1-3H3,(H,23,26). The van der Waals surface area contributed by atoms with Gasteiger partial charge in [-0.1, -0.05) is 54.9 Å². The summed E-state index contributed by atoms with van der Waals surface area (Å²) in [4.78, 5) is 14.2. The number of nitrogens with one attached hydrogen (secondary N) is 2. The third-order valence-corrected chi connectivity index (χ3v) is 6.62. The van der Waals surface area contributed by atoms with Crippen molar-refractivity contribution >= 4 is 27.5 Å². The lowest BCUT2D eigenvalue weighted by Gasteiger charge is -2.25. The summed E-state index contributed by atoms with van der Waals surface area (Å²) in [5.41, 5.74) is 2.38. The highest BCUT2D eigenvalue weighted by Crippen LogP contribution is 2.20. The summed E-state index contributed by atoms with van der Waals surface area (Å²) >= 11 is 5.94. The summed E-state index contributed by atoms with van der Waals surface area (Å²) in [6, 6.07) is 14.6. The van der Waals surface area contributed by atoms with Gasteiger partial charge < -0.3 is 10.2 Å². The fraction of sp³-hybridized carbons (Fsp3) is 0.381. The smallest absolute Gasteiger partial charge is 0.242 e. The van der Waals surface area contributed by atoms with Gasteiger partial charge in [-0.15, -0.1) is 0 Å². The Kier molecular flexibility index (Phi) is 8.64. The van der Waals surface area contributed by atoms with Crippen molar-refractivity contribution < 1.29 is 13.2 Å². The minimum Gasteiger partial charge on any atom is -0.354 e. The second-order valence-electron chi connectivity index (χ2n) is 6.96. The molecule has 158 valence electrons. The van der Waals surface area contributed by atoms with Gasteiger partial charge in [-0.2, -0.15) is 0 Å². The molecule has 2 aromatic rings. The summed E-state index contributed by atoms with van der Waals surface area (Å²) in [7, 11) is 0.170. The molecule has 0 aliphatic carbocycles. The van der Waals surface area contributed by atoms with Gasteiger partial charge in [-0.05, 0) is 43.8 Å². The summed E-state index contributed by atoms with van der Waals surface area (Å²) in [5.74, 6) is -0.219. The van der Waals surface area contributed by atoms with Crippen LogP contribution >= 0.6 is 11.6 Å². The third-order valence-electron chi connectivity index (χ3n) is 4.66. The summed E-state index contributed by atoms with van der Waals surface area (Å²) in [6.45, 7) is 2.55. The van der Waals surface area contributed by atoms with Gasteiger partial charge in [0, 0.05) is 19.5 Å². The molecule has 0 radical (unpaired) electrons. The average molecular weight is 438 g/mol. The van der Waals surface area contributed by atoms with Gasteiger partial charge in [-0.3, -0.25) is 4.79 Å². The highest BCUT2D eigenvalue weighted by molar-refractivity contribution is 7.89. The fourth-order valence-electron chi connectivity index (χ4n) is 2.91. The topological polar surface area (TPSA) is 78.5 Å². The molecule has 2 N–H and O–H groups in total. The van der Waals surface area contributed by atoms with Crippen LogP contribution in [0.3, 0.4) is 0 Å². The number of carbonyl (C=O) groups is 1. The molecule has 1 atom stereocenters. The Morgan fingerprint density at radius 2 is 1.76 bits per heavy atom. The molecule has 1 unspecified atom stereocenters. The van der Waals surface area contributed by atoms with E-state index in [1.807, 2.05) is 19.0 Å². The molecule has 0 saturated heterocycles. The molecule has 1 amide bonds. The molecule has 2 rings (SSSR count).